The number of nitrogens with one attached hydrogen (secondary N) is 1. The maximum atomic E-state index is 5.49. The molecule has 110 valence electrons. The molecule has 0 saturated heterocycles. The molecule has 4 nitrogen and oxygen atoms in total. The van der Waals surface area contributed by atoms with Crippen molar-refractivity contribution >= 4 is 0 Å². The number of hydrogen-bond acceptors (Lipinski definition) is 4. The summed E-state index contributed by atoms with van der Waals surface area (Å²) in [7, 11) is 1.76. The van der Waals surface area contributed by atoms with Gasteiger partial charge < -0.3 is 14.8 Å². The zero-order valence-corrected chi connectivity index (χ0v) is 12.9. The predicted octanol–water partition coefficient (Wildman–Crippen LogP) is 1.75. The van der Waals surface area contributed by atoms with Crippen LogP contribution in [0.15, 0.2) is 0 Å². The molecule has 0 aromatic carbocycles. The van der Waals surface area contributed by atoms with E-state index in [9.17, 15) is 0 Å². The first-order valence-electron chi connectivity index (χ1n) is 7.13. The molecule has 0 rings (SSSR count). The van der Waals surface area contributed by atoms with E-state index in [1.54, 1.807) is 7.11 Å². The van der Waals surface area contributed by atoms with Crippen LogP contribution < -0.4 is 5.32 Å². The Morgan fingerprint density at radius 1 is 1.00 bits per heavy atom. The fourth-order valence-corrected chi connectivity index (χ4v) is 1.70. The molecule has 0 unspecified atom stereocenters. The number of nitrogens with zero attached hydrogens (tertiary/aromatic N) is 1. The standard InChI is InChI=1S/C14H32N2O2/c1-13(2)16(10-12-17-5)9-8-15-7-6-11-18-14(3)4/h13-15H,6-12H2,1-5H3. The summed E-state index contributed by atoms with van der Waals surface area (Å²) < 4.78 is 10.6. The maximum Gasteiger partial charge on any atom is 0.0589 e. The molecule has 0 aromatic rings. The molecule has 0 aromatic heterocycles. The molecule has 0 heterocycles. The lowest BCUT2D eigenvalue weighted by Crippen LogP contribution is -2.39. The first-order chi connectivity index (χ1) is 8.57. The second-order valence-electron chi connectivity index (χ2n) is 5.15. The lowest BCUT2D eigenvalue weighted by molar-refractivity contribution is 0.0768. The van der Waals surface area contributed by atoms with E-state index in [2.05, 4.69) is 37.9 Å². The van der Waals surface area contributed by atoms with Crippen LogP contribution in [0.2, 0.25) is 0 Å². The van der Waals surface area contributed by atoms with Crippen LogP contribution in [0.5, 0.6) is 0 Å². The molecule has 0 bridgehead atoms. The third kappa shape index (κ3) is 11.0. The van der Waals surface area contributed by atoms with Gasteiger partial charge in [-0.15, -0.1) is 0 Å². The Bertz CT molecular complexity index is 175. The molecule has 0 saturated carbocycles. The van der Waals surface area contributed by atoms with Gasteiger partial charge in [-0.2, -0.15) is 0 Å². The fraction of sp³-hybridized carbons (Fsp3) is 1.00. The molecule has 0 spiro atoms. The SMILES string of the molecule is COCCN(CCNCCCOC(C)C)C(C)C. The van der Waals surface area contributed by atoms with Gasteiger partial charge >= 0.3 is 0 Å². The number of methoxy groups -OCH3 is 1. The zero-order valence-electron chi connectivity index (χ0n) is 12.9. The van der Waals surface area contributed by atoms with Crippen molar-refractivity contribution in [2.45, 2.75) is 46.3 Å². The summed E-state index contributed by atoms with van der Waals surface area (Å²) in [6.07, 6.45) is 1.42. The van der Waals surface area contributed by atoms with E-state index in [0.29, 0.717) is 12.1 Å². The van der Waals surface area contributed by atoms with Crippen molar-refractivity contribution in [2.24, 2.45) is 0 Å². The highest BCUT2D eigenvalue weighted by Crippen LogP contribution is 1.96. The van der Waals surface area contributed by atoms with Crippen molar-refractivity contribution in [3.05, 3.63) is 0 Å². The second-order valence-corrected chi connectivity index (χ2v) is 5.15. The minimum absolute atomic E-state index is 0.343. The Labute approximate surface area is 113 Å². The van der Waals surface area contributed by atoms with Crippen molar-refractivity contribution in [1.82, 2.24) is 10.2 Å². The van der Waals surface area contributed by atoms with Gasteiger partial charge in [0, 0.05) is 39.4 Å². The van der Waals surface area contributed by atoms with Gasteiger partial charge in [0.15, 0.2) is 0 Å². The van der Waals surface area contributed by atoms with E-state index in [0.717, 1.165) is 45.8 Å². The summed E-state index contributed by atoms with van der Waals surface area (Å²) >= 11 is 0. The van der Waals surface area contributed by atoms with Crippen molar-refractivity contribution in [3.8, 4) is 0 Å². The van der Waals surface area contributed by atoms with E-state index >= 15 is 0 Å². The number of hydrogen-bond donors (Lipinski definition) is 1. The molecule has 0 radical (unpaired) electrons. The molecule has 0 aliphatic heterocycles. The van der Waals surface area contributed by atoms with E-state index in [-0.39, 0.29) is 0 Å². The molecule has 0 fully saturated rings. The van der Waals surface area contributed by atoms with Gasteiger partial charge in [-0.05, 0) is 40.7 Å². The Balaban J connectivity index is 3.43. The van der Waals surface area contributed by atoms with Gasteiger partial charge in [0.1, 0.15) is 0 Å². The van der Waals surface area contributed by atoms with Crippen LogP contribution in [0.3, 0.4) is 0 Å². The molecule has 1 N–H and O–H groups in total. The van der Waals surface area contributed by atoms with Crippen LogP contribution in [0.4, 0.5) is 0 Å². The monoisotopic (exact) mass is 260 g/mol. The lowest BCUT2D eigenvalue weighted by atomic mass is 10.3. The average molecular weight is 260 g/mol. The van der Waals surface area contributed by atoms with Crippen LogP contribution >= 0.6 is 0 Å². The van der Waals surface area contributed by atoms with E-state index in [4.69, 9.17) is 9.47 Å². The van der Waals surface area contributed by atoms with Crippen molar-refractivity contribution in [2.75, 3.05) is 46.5 Å². The summed E-state index contributed by atoms with van der Waals surface area (Å²) in [6, 6.07) is 0.575. The molecule has 0 atom stereocenters. The van der Waals surface area contributed by atoms with Gasteiger partial charge in [-0.25, -0.2) is 0 Å². The van der Waals surface area contributed by atoms with Gasteiger partial charge in [0.05, 0.1) is 12.7 Å². The van der Waals surface area contributed by atoms with E-state index in [1.807, 2.05) is 0 Å². The van der Waals surface area contributed by atoms with E-state index in [1.165, 1.54) is 0 Å². The first-order valence-corrected chi connectivity index (χ1v) is 7.13. The minimum atomic E-state index is 0.343. The Morgan fingerprint density at radius 3 is 2.28 bits per heavy atom. The molecule has 0 aliphatic rings. The Morgan fingerprint density at radius 2 is 1.72 bits per heavy atom. The molecule has 18 heavy (non-hydrogen) atoms. The largest absolute Gasteiger partial charge is 0.383 e. The average Bonchev–Trinajstić information content (AvgIpc) is 2.30. The third-order valence-electron chi connectivity index (χ3n) is 2.84. The van der Waals surface area contributed by atoms with E-state index < -0.39 is 0 Å². The van der Waals surface area contributed by atoms with Crippen LogP contribution in [-0.2, 0) is 9.47 Å². The summed E-state index contributed by atoms with van der Waals surface area (Å²) in [4.78, 5) is 2.43. The smallest absolute Gasteiger partial charge is 0.0589 e. The summed E-state index contributed by atoms with van der Waals surface area (Å²) in [5.41, 5.74) is 0. The molecule has 4 heteroatoms. The fourth-order valence-electron chi connectivity index (χ4n) is 1.70. The first kappa shape index (κ1) is 17.8. The topological polar surface area (TPSA) is 33.7 Å². The van der Waals surface area contributed by atoms with Crippen LogP contribution in [-0.4, -0.2) is 63.5 Å². The quantitative estimate of drug-likeness (QED) is 0.542. The molecule has 0 amide bonds. The Kier molecular flexibility index (Phi) is 11.8. The van der Waals surface area contributed by atoms with Crippen LogP contribution in [0.25, 0.3) is 0 Å². The Hall–Kier alpha value is -0.160. The van der Waals surface area contributed by atoms with Gasteiger partial charge in [-0.3, -0.25) is 4.90 Å². The number of ether oxygens (including phenoxy) is 2. The van der Waals surface area contributed by atoms with Crippen molar-refractivity contribution in [3.63, 3.8) is 0 Å². The molecular weight excluding hydrogens is 228 g/mol. The molecular formula is C14H32N2O2. The minimum Gasteiger partial charge on any atom is -0.383 e. The highest BCUT2D eigenvalue weighted by Gasteiger charge is 2.07. The van der Waals surface area contributed by atoms with Crippen molar-refractivity contribution in [1.29, 1.82) is 0 Å². The summed E-state index contributed by atoms with van der Waals surface area (Å²) in [6.45, 7) is 14.4. The highest BCUT2D eigenvalue weighted by atomic mass is 16.5. The highest BCUT2D eigenvalue weighted by molar-refractivity contribution is 4.64. The number of rotatable bonds is 12. The predicted molar refractivity (Wildman–Crippen MR) is 77.2 cm³/mol. The second kappa shape index (κ2) is 11.9. The maximum absolute atomic E-state index is 5.49. The summed E-state index contributed by atoms with van der Waals surface area (Å²) in [5, 5.41) is 3.46. The van der Waals surface area contributed by atoms with Crippen LogP contribution in [0, 0.1) is 0 Å². The third-order valence-corrected chi connectivity index (χ3v) is 2.84. The summed E-state index contributed by atoms with van der Waals surface area (Å²) in [5.74, 6) is 0. The van der Waals surface area contributed by atoms with Gasteiger partial charge in [-0.1, -0.05) is 0 Å². The molecule has 0 aliphatic carbocycles. The van der Waals surface area contributed by atoms with Gasteiger partial charge in [0.25, 0.3) is 0 Å². The zero-order chi connectivity index (χ0) is 13.8. The van der Waals surface area contributed by atoms with Gasteiger partial charge in [0.2, 0.25) is 0 Å². The normalized spacial score (nSPS) is 12.0. The lowest BCUT2D eigenvalue weighted by Gasteiger charge is -2.26. The van der Waals surface area contributed by atoms with Crippen LogP contribution in [0.1, 0.15) is 34.1 Å². The van der Waals surface area contributed by atoms with Crippen molar-refractivity contribution < 1.29 is 9.47 Å².